The lowest BCUT2D eigenvalue weighted by molar-refractivity contribution is 0.236. The third-order valence-electron chi connectivity index (χ3n) is 3.59. The van der Waals surface area contributed by atoms with Gasteiger partial charge in [-0.15, -0.1) is 0 Å². The number of rotatable bonds is 7. The van der Waals surface area contributed by atoms with Crippen LogP contribution in [0.1, 0.15) is 47.0 Å². The van der Waals surface area contributed by atoms with Gasteiger partial charge in [-0.25, -0.2) is 0 Å². The molecule has 0 aliphatic carbocycles. The fourth-order valence-corrected chi connectivity index (χ4v) is 2.47. The third-order valence-corrected chi connectivity index (χ3v) is 3.59. The molecule has 4 heteroatoms. The van der Waals surface area contributed by atoms with Crippen molar-refractivity contribution in [3.8, 4) is 0 Å². The van der Waals surface area contributed by atoms with E-state index in [1.807, 2.05) is 0 Å². The quantitative estimate of drug-likeness (QED) is 0.548. The Labute approximate surface area is 119 Å². The summed E-state index contributed by atoms with van der Waals surface area (Å²) in [6.07, 6.45) is 3.92. The van der Waals surface area contributed by atoms with Gasteiger partial charge in [0.1, 0.15) is 0 Å². The van der Waals surface area contributed by atoms with Crippen LogP contribution in [-0.2, 0) is 0 Å². The Morgan fingerprint density at radius 2 is 1.84 bits per heavy atom. The van der Waals surface area contributed by atoms with Crippen LogP contribution in [0.15, 0.2) is 4.99 Å². The summed E-state index contributed by atoms with van der Waals surface area (Å²) in [5.74, 6) is 1.57. The van der Waals surface area contributed by atoms with Gasteiger partial charge in [0.05, 0.1) is 0 Å². The maximum Gasteiger partial charge on any atom is 0.191 e. The van der Waals surface area contributed by atoms with Crippen LogP contribution < -0.4 is 10.6 Å². The summed E-state index contributed by atoms with van der Waals surface area (Å²) in [5, 5.41) is 6.83. The van der Waals surface area contributed by atoms with Gasteiger partial charge in [0, 0.05) is 25.7 Å². The molecule has 4 nitrogen and oxygen atoms in total. The molecule has 1 rings (SSSR count). The predicted octanol–water partition coefficient (Wildman–Crippen LogP) is 2.07. The molecule has 1 unspecified atom stereocenters. The molecule has 1 saturated heterocycles. The molecule has 0 aromatic heterocycles. The summed E-state index contributed by atoms with van der Waals surface area (Å²) in [7, 11) is 0. The van der Waals surface area contributed by atoms with Gasteiger partial charge in [-0.1, -0.05) is 20.8 Å². The molecule has 112 valence electrons. The second-order valence-electron chi connectivity index (χ2n) is 5.80. The Balaban J connectivity index is 2.41. The minimum atomic E-state index is 0.607. The molecule has 19 heavy (non-hydrogen) atoms. The van der Waals surface area contributed by atoms with Crippen molar-refractivity contribution in [3.05, 3.63) is 0 Å². The lowest BCUT2D eigenvalue weighted by Gasteiger charge is -2.27. The SMILES string of the molecule is CCNC(=NCC(C)C)NCC(CC)N1CCCC1. The molecular weight excluding hydrogens is 236 g/mol. The number of hydrogen-bond donors (Lipinski definition) is 2. The van der Waals surface area contributed by atoms with Crippen LogP contribution in [0.5, 0.6) is 0 Å². The fraction of sp³-hybridized carbons (Fsp3) is 0.933. The zero-order valence-corrected chi connectivity index (χ0v) is 13.2. The van der Waals surface area contributed by atoms with E-state index in [1.165, 1.54) is 32.4 Å². The minimum absolute atomic E-state index is 0.607. The smallest absolute Gasteiger partial charge is 0.191 e. The van der Waals surface area contributed by atoms with Gasteiger partial charge in [-0.3, -0.25) is 9.89 Å². The van der Waals surface area contributed by atoms with Crippen molar-refractivity contribution < 1.29 is 0 Å². The van der Waals surface area contributed by atoms with Gasteiger partial charge in [-0.2, -0.15) is 0 Å². The summed E-state index contributed by atoms with van der Waals surface area (Å²) < 4.78 is 0. The van der Waals surface area contributed by atoms with Crippen molar-refractivity contribution in [2.75, 3.05) is 32.7 Å². The van der Waals surface area contributed by atoms with Crippen LogP contribution in [0.25, 0.3) is 0 Å². The van der Waals surface area contributed by atoms with E-state index in [4.69, 9.17) is 0 Å². The Morgan fingerprint density at radius 3 is 2.37 bits per heavy atom. The molecule has 0 aromatic carbocycles. The van der Waals surface area contributed by atoms with Gasteiger partial charge in [0.25, 0.3) is 0 Å². The van der Waals surface area contributed by atoms with Crippen LogP contribution in [0, 0.1) is 5.92 Å². The number of hydrogen-bond acceptors (Lipinski definition) is 2. The molecule has 1 heterocycles. The highest BCUT2D eigenvalue weighted by atomic mass is 15.2. The van der Waals surface area contributed by atoms with Crippen molar-refractivity contribution in [3.63, 3.8) is 0 Å². The highest BCUT2D eigenvalue weighted by molar-refractivity contribution is 5.79. The van der Waals surface area contributed by atoms with E-state index in [0.717, 1.165) is 25.6 Å². The highest BCUT2D eigenvalue weighted by Gasteiger charge is 2.20. The topological polar surface area (TPSA) is 39.7 Å². The number of aliphatic imine (C=N–C) groups is 1. The lowest BCUT2D eigenvalue weighted by atomic mass is 10.2. The Bertz CT molecular complexity index is 257. The van der Waals surface area contributed by atoms with Crippen LogP contribution in [0.4, 0.5) is 0 Å². The Morgan fingerprint density at radius 1 is 1.16 bits per heavy atom. The van der Waals surface area contributed by atoms with Crippen LogP contribution >= 0.6 is 0 Å². The number of nitrogens with zero attached hydrogens (tertiary/aromatic N) is 2. The fourth-order valence-electron chi connectivity index (χ4n) is 2.47. The number of nitrogens with one attached hydrogen (secondary N) is 2. The average molecular weight is 268 g/mol. The van der Waals surface area contributed by atoms with E-state index in [2.05, 4.69) is 48.2 Å². The molecule has 1 aliphatic rings. The minimum Gasteiger partial charge on any atom is -0.357 e. The summed E-state index contributed by atoms with van der Waals surface area (Å²) in [5.41, 5.74) is 0. The van der Waals surface area contributed by atoms with E-state index in [1.54, 1.807) is 0 Å². The molecule has 0 aromatic rings. The van der Waals surface area contributed by atoms with Crippen molar-refractivity contribution in [1.82, 2.24) is 15.5 Å². The van der Waals surface area contributed by atoms with Crippen LogP contribution in [0.3, 0.4) is 0 Å². The predicted molar refractivity (Wildman–Crippen MR) is 83.7 cm³/mol. The first-order chi connectivity index (χ1) is 9.17. The molecular formula is C15H32N4. The highest BCUT2D eigenvalue weighted by Crippen LogP contribution is 2.13. The maximum atomic E-state index is 4.62. The van der Waals surface area contributed by atoms with E-state index in [9.17, 15) is 0 Å². The van der Waals surface area contributed by atoms with E-state index >= 15 is 0 Å². The summed E-state index contributed by atoms with van der Waals surface area (Å²) >= 11 is 0. The van der Waals surface area contributed by atoms with Crippen LogP contribution in [-0.4, -0.2) is 49.6 Å². The van der Waals surface area contributed by atoms with E-state index in [0.29, 0.717) is 12.0 Å². The molecule has 1 aliphatic heterocycles. The largest absolute Gasteiger partial charge is 0.357 e. The number of guanidine groups is 1. The Hall–Kier alpha value is -0.770. The molecule has 0 amide bonds. The molecule has 1 fully saturated rings. The first kappa shape index (κ1) is 16.3. The van der Waals surface area contributed by atoms with Gasteiger partial charge in [0.2, 0.25) is 0 Å². The molecule has 1 atom stereocenters. The van der Waals surface area contributed by atoms with Crippen LogP contribution in [0.2, 0.25) is 0 Å². The average Bonchev–Trinajstić information content (AvgIpc) is 2.90. The van der Waals surface area contributed by atoms with Gasteiger partial charge in [-0.05, 0) is 45.2 Å². The van der Waals surface area contributed by atoms with Gasteiger partial charge in [0.15, 0.2) is 5.96 Å². The third kappa shape index (κ3) is 6.28. The molecule has 0 bridgehead atoms. The molecule has 0 radical (unpaired) electrons. The molecule has 2 N–H and O–H groups in total. The van der Waals surface area contributed by atoms with Crippen molar-refractivity contribution in [1.29, 1.82) is 0 Å². The normalized spacial score (nSPS) is 18.9. The lowest BCUT2D eigenvalue weighted by Crippen LogP contribution is -2.46. The van der Waals surface area contributed by atoms with E-state index in [-0.39, 0.29) is 0 Å². The number of likely N-dealkylation sites (tertiary alicyclic amines) is 1. The van der Waals surface area contributed by atoms with Crippen molar-refractivity contribution in [2.45, 2.75) is 53.0 Å². The maximum absolute atomic E-state index is 4.62. The first-order valence-electron chi connectivity index (χ1n) is 7.93. The first-order valence-corrected chi connectivity index (χ1v) is 7.93. The van der Waals surface area contributed by atoms with Crippen molar-refractivity contribution >= 4 is 5.96 Å². The van der Waals surface area contributed by atoms with Gasteiger partial charge >= 0.3 is 0 Å². The molecule has 0 spiro atoms. The van der Waals surface area contributed by atoms with E-state index < -0.39 is 0 Å². The monoisotopic (exact) mass is 268 g/mol. The Kier molecular flexibility index (Phi) is 7.87. The zero-order chi connectivity index (χ0) is 14.1. The standard InChI is InChI=1S/C15H32N4/c1-5-14(19-9-7-8-10-19)12-18-15(16-6-2)17-11-13(3)4/h13-14H,5-12H2,1-4H3,(H2,16,17,18). The second kappa shape index (κ2) is 9.18. The second-order valence-corrected chi connectivity index (χ2v) is 5.80. The zero-order valence-electron chi connectivity index (χ0n) is 13.2. The molecule has 0 saturated carbocycles. The van der Waals surface area contributed by atoms with Gasteiger partial charge < -0.3 is 10.6 Å². The summed E-state index contributed by atoms with van der Waals surface area (Å²) in [4.78, 5) is 7.23. The summed E-state index contributed by atoms with van der Waals surface area (Å²) in [6.45, 7) is 14.1. The van der Waals surface area contributed by atoms with Crippen molar-refractivity contribution in [2.24, 2.45) is 10.9 Å². The summed E-state index contributed by atoms with van der Waals surface area (Å²) in [6, 6.07) is 0.644.